The first-order chi connectivity index (χ1) is 12.3. The van der Waals surface area contributed by atoms with E-state index < -0.39 is 11.6 Å². The molecule has 4 amide bonds. The third-order valence-corrected chi connectivity index (χ3v) is 6.44. The number of nitrogens with one attached hydrogen (secondary N) is 1. The van der Waals surface area contributed by atoms with Gasteiger partial charge in [-0.1, -0.05) is 33.1 Å². The lowest BCUT2D eigenvalue weighted by Gasteiger charge is -2.36. The van der Waals surface area contributed by atoms with Gasteiger partial charge < -0.3 is 10.2 Å². The fourth-order valence-electron chi connectivity index (χ4n) is 4.35. The van der Waals surface area contributed by atoms with Gasteiger partial charge in [0.05, 0.1) is 0 Å². The molecule has 1 saturated heterocycles. The van der Waals surface area contributed by atoms with E-state index in [1.54, 1.807) is 0 Å². The number of carbonyl (C=O) groups excluding carboxylic acids is 3. The Kier molecular flexibility index (Phi) is 6.69. The van der Waals surface area contributed by atoms with E-state index in [1.165, 1.54) is 6.42 Å². The highest BCUT2D eigenvalue weighted by Crippen LogP contribution is 2.36. The maximum absolute atomic E-state index is 13.0. The minimum atomic E-state index is -0.866. The van der Waals surface area contributed by atoms with Crippen molar-refractivity contribution in [3.8, 4) is 0 Å². The molecule has 0 radical (unpaired) electrons. The molecule has 6 heteroatoms. The zero-order valence-electron chi connectivity index (χ0n) is 17.0. The van der Waals surface area contributed by atoms with Crippen LogP contribution in [0.25, 0.3) is 0 Å². The van der Waals surface area contributed by atoms with E-state index in [2.05, 4.69) is 5.32 Å². The molecule has 2 rings (SSSR count). The number of urea groups is 1. The van der Waals surface area contributed by atoms with Crippen LogP contribution in [0.15, 0.2) is 0 Å². The van der Waals surface area contributed by atoms with Gasteiger partial charge in [-0.15, -0.1) is 0 Å². The topological polar surface area (TPSA) is 69.7 Å². The lowest BCUT2D eigenvalue weighted by molar-refractivity contribution is -0.142. The summed E-state index contributed by atoms with van der Waals surface area (Å²) >= 11 is 0. The van der Waals surface area contributed by atoms with Crippen LogP contribution in [0.5, 0.6) is 0 Å². The summed E-state index contributed by atoms with van der Waals surface area (Å²) in [7, 11) is 0. The number of carbonyl (C=O) groups is 3. The molecule has 0 aromatic carbocycles. The van der Waals surface area contributed by atoms with E-state index in [0.717, 1.165) is 43.4 Å². The van der Waals surface area contributed by atoms with Gasteiger partial charge in [0, 0.05) is 12.1 Å². The van der Waals surface area contributed by atoms with E-state index in [0.29, 0.717) is 0 Å². The molecule has 0 bridgehead atoms. The molecule has 1 N–H and O–H groups in total. The SMILES string of the molecule is CCC(C)N(C(=O)CN1C(=O)NC(C)(C2CCCCC2)C1=O)C(C)CC. The summed E-state index contributed by atoms with van der Waals surface area (Å²) in [6, 6.07) is -0.254. The highest BCUT2D eigenvalue weighted by atomic mass is 16.2. The van der Waals surface area contributed by atoms with Crippen molar-refractivity contribution in [1.82, 2.24) is 15.1 Å². The standard InChI is InChI=1S/C20H35N3O3/c1-6-14(3)23(15(4)7-2)17(24)13-22-18(25)20(5,21-19(22)26)16-11-9-8-10-12-16/h14-16H,6-13H2,1-5H3,(H,21,26). The van der Waals surface area contributed by atoms with Crippen LogP contribution in [0, 0.1) is 5.92 Å². The van der Waals surface area contributed by atoms with Gasteiger partial charge in [0.15, 0.2) is 0 Å². The Morgan fingerprint density at radius 2 is 1.69 bits per heavy atom. The van der Waals surface area contributed by atoms with Gasteiger partial charge in [0.2, 0.25) is 5.91 Å². The van der Waals surface area contributed by atoms with Gasteiger partial charge in [-0.05, 0) is 52.4 Å². The van der Waals surface area contributed by atoms with E-state index in [1.807, 2.05) is 39.5 Å². The molecular weight excluding hydrogens is 330 g/mol. The molecule has 3 unspecified atom stereocenters. The maximum atomic E-state index is 13.0. The minimum Gasteiger partial charge on any atom is -0.336 e. The Morgan fingerprint density at radius 3 is 2.19 bits per heavy atom. The molecule has 3 atom stereocenters. The third kappa shape index (κ3) is 3.89. The molecule has 26 heavy (non-hydrogen) atoms. The molecule has 148 valence electrons. The summed E-state index contributed by atoms with van der Waals surface area (Å²) in [5.41, 5.74) is -0.866. The van der Waals surface area contributed by atoms with Gasteiger partial charge >= 0.3 is 6.03 Å². The fourth-order valence-corrected chi connectivity index (χ4v) is 4.35. The van der Waals surface area contributed by atoms with Crippen molar-refractivity contribution in [2.75, 3.05) is 6.54 Å². The first-order valence-corrected chi connectivity index (χ1v) is 10.2. The van der Waals surface area contributed by atoms with Gasteiger partial charge in [0.1, 0.15) is 12.1 Å². The average Bonchev–Trinajstić information content (AvgIpc) is 2.86. The van der Waals surface area contributed by atoms with Crippen LogP contribution in [0.2, 0.25) is 0 Å². The van der Waals surface area contributed by atoms with Crippen molar-refractivity contribution < 1.29 is 14.4 Å². The molecule has 1 aliphatic carbocycles. The predicted molar refractivity (Wildman–Crippen MR) is 102 cm³/mol. The van der Waals surface area contributed by atoms with Gasteiger partial charge in [-0.2, -0.15) is 0 Å². The van der Waals surface area contributed by atoms with Crippen molar-refractivity contribution in [2.45, 2.75) is 97.2 Å². The largest absolute Gasteiger partial charge is 0.336 e. The maximum Gasteiger partial charge on any atom is 0.325 e. The lowest BCUT2D eigenvalue weighted by Crippen LogP contribution is -2.52. The second-order valence-electron chi connectivity index (χ2n) is 8.17. The Balaban J connectivity index is 2.14. The molecule has 1 saturated carbocycles. The second-order valence-corrected chi connectivity index (χ2v) is 8.17. The predicted octanol–water partition coefficient (Wildman–Crippen LogP) is 3.30. The highest BCUT2D eigenvalue weighted by molar-refractivity contribution is 6.09. The first kappa shape index (κ1) is 20.7. The number of hydrogen-bond acceptors (Lipinski definition) is 3. The van der Waals surface area contributed by atoms with E-state index in [-0.39, 0.29) is 36.4 Å². The summed E-state index contributed by atoms with van der Waals surface area (Å²) in [5, 5.41) is 2.90. The Bertz CT molecular complexity index is 534. The summed E-state index contributed by atoms with van der Waals surface area (Å²) < 4.78 is 0. The minimum absolute atomic E-state index is 0.0861. The molecule has 2 fully saturated rings. The first-order valence-electron chi connectivity index (χ1n) is 10.2. The normalized spacial score (nSPS) is 26.6. The quantitative estimate of drug-likeness (QED) is 0.704. The number of rotatable bonds is 7. The summed E-state index contributed by atoms with van der Waals surface area (Å²) in [6.45, 7) is 9.78. The molecule has 1 heterocycles. The zero-order chi connectivity index (χ0) is 19.5. The molecule has 2 aliphatic rings. The van der Waals surface area contributed by atoms with Crippen LogP contribution in [-0.2, 0) is 9.59 Å². The van der Waals surface area contributed by atoms with Gasteiger partial charge in [0.25, 0.3) is 5.91 Å². The molecule has 0 spiro atoms. The molecule has 0 aromatic rings. The zero-order valence-corrected chi connectivity index (χ0v) is 17.0. The average molecular weight is 366 g/mol. The van der Waals surface area contributed by atoms with Crippen LogP contribution in [-0.4, -0.2) is 51.8 Å². The Labute approximate surface area is 157 Å². The van der Waals surface area contributed by atoms with E-state index in [9.17, 15) is 14.4 Å². The molecule has 0 aromatic heterocycles. The van der Waals surface area contributed by atoms with Gasteiger partial charge in [-0.3, -0.25) is 14.5 Å². The molecule has 6 nitrogen and oxygen atoms in total. The van der Waals surface area contributed by atoms with Crippen LogP contribution >= 0.6 is 0 Å². The fraction of sp³-hybridized carbons (Fsp3) is 0.850. The van der Waals surface area contributed by atoms with E-state index >= 15 is 0 Å². The van der Waals surface area contributed by atoms with Crippen LogP contribution in [0.3, 0.4) is 0 Å². The highest BCUT2D eigenvalue weighted by Gasteiger charge is 2.53. The summed E-state index contributed by atoms with van der Waals surface area (Å²) in [5.74, 6) is -0.228. The van der Waals surface area contributed by atoms with E-state index in [4.69, 9.17) is 0 Å². The number of hydrogen-bond donors (Lipinski definition) is 1. The lowest BCUT2D eigenvalue weighted by atomic mass is 9.75. The summed E-state index contributed by atoms with van der Waals surface area (Å²) in [6.07, 6.45) is 6.98. The molecular formula is C20H35N3O3. The van der Waals surface area contributed by atoms with Crippen molar-refractivity contribution in [2.24, 2.45) is 5.92 Å². The smallest absolute Gasteiger partial charge is 0.325 e. The number of amides is 4. The summed E-state index contributed by atoms with van der Waals surface area (Å²) in [4.78, 5) is 41.4. The van der Waals surface area contributed by atoms with Crippen LogP contribution in [0.4, 0.5) is 4.79 Å². The van der Waals surface area contributed by atoms with Crippen LogP contribution in [0.1, 0.15) is 79.6 Å². The van der Waals surface area contributed by atoms with Crippen molar-refractivity contribution in [1.29, 1.82) is 0 Å². The Morgan fingerprint density at radius 1 is 1.15 bits per heavy atom. The van der Waals surface area contributed by atoms with Crippen molar-refractivity contribution in [3.63, 3.8) is 0 Å². The second kappa shape index (κ2) is 8.40. The number of imide groups is 1. The Hall–Kier alpha value is -1.59. The van der Waals surface area contributed by atoms with Crippen molar-refractivity contribution in [3.05, 3.63) is 0 Å². The third-order valence-electron chi connectivity index (χ3n) is 6.44. The van der Waals surface area contributed by atoms with Gasteiger partial charge in [-0.25, -0.2) is 4.79 Å². The number of nitrogens with zero attached hydrogens (tertiary/aromatic N) is 2. The van der Waals surface area contributed by atoms with Crippen molar-refractivity contribution >= 4 is 17.8 Å². The molecule has 1 aliphatic heterocycles. The monoisotopic (exact) mass is 365 g/mol. The van der Waals surface area contributed by atoms with Crippen LogP contribution < -0.4 is 5.32 Å².